The van der Waals surface area contributed by atoms with E-state index < -0.39 is 11.8 Å². The van der Waals surface area contributed by atoms with E-state index in [1.54, 1.807) is 24.3 Å². The van der Waals surface area contributed by atoms with E-state index in [4.69, 9.17) is 10.2 Å². The topological polar surface area (TPSA) is 93.6 Å². The average Bonchev–Trinajstić information content (AvgIpc) is 2.61. The molecule has 2 aromatic carbocycles. The molecule has 0 atom stereocenters. The second kappa shape index (κ2) is 7.00. The molecule has 3 aromatic rings. The fourth-order valence-electron chi connectivity index (χ4n) is 2.56. The third kappa shape index (κ3) is 3.74. The van der Waals surface area contributed by atoms with E-state index in [0.717, 1.165) is 11.6 Å². The van der Waals surface area contributed by atoms with Crippen molar-refractivity contribution in [2.75, 3.05) is 6.54 Å². The van der Waals surface area contributed by atoms with Gasteiger partial charge in [0.15, 0.2) is 11.2 Å². The predicted octanol–water partition coefficient (Wildman–Crippen LogP) is 1.92. The number of hydrogen-bond acceptors (Lipinski definition) is 4. The van der Waals surface area contributed by atoms with E-state index in [-0.39, 0.29) is 24.3 Å². The monoisotopic (exact) mass is 336 g/mol. The molecule has 0 saturated heterocycles. The van der Waals surface area contributed by atoms with Gasteiger partial charge in [-0.05, 0) is 17.7 Å². The van der Waals surface area contributed by atoms with Crippen LogP contribution in [-0.4, -0.2) is 23.3 Å². The van der Waals surface area contributed by atoms with Gasteiger partial charge in [-0.15, -0.1) is 0 Å². The fourth-order valence-corrected chi connectivity index (χ4v) is 2.56. The highest BCUT2D eigenvalue weighted by Crippen LogP contribution is 2.15. The second-order valence-electron chi connectivity index (χ2n) is 5.58. The average molecular weight is 336 g/mol. The number of fused-ring (bicyclic) bond motifs is 1. The van der Waals surface area contributed by atoms with Crippen LogP contribution in [0.1, 0.15) is 16.1 Å². The van der Waals surface area contributed by atoms with Gasteiger partial charge in [0.05, 0.1) is 5.39 Å². The molecule has 0 radical (unpaired) electrons. The molecule has 126 valence electrons. The molecule has 6 nitrogen and oxygen atoms in total. The number of nitrogens with zero attached hydrogens (tertiary/aromatic N) is 1. The van der Waals surface area contributed by atoms with Crippen LogP contribution in [0.3, 0.4) is 0 Å². The Hall–Kier alpha value is -3.41. The Morgan fingerprint density at radius 3 is 2.40 bits per heavy atom. The van der Waals surface area contributed by atoms with Crippen LogP contribution in [0, 0.1) is 0 Å². The molecule has 1 aromatic heterocycles. The van der Waals surface area contributed by atoms with Crippen molar-refractivity contribution in [1.82, 2.24) is 4.90 Å². The van der Waals surface area contributed by atoms with E-state index in [1.807, 2.05) is 30.3 Å². The highest BCUT2D eigenvalue weighted by atomic mass is 16.3. The second-order valence-corrected chi connectivity index (χ2v) is 5.58. The first-order valence-electron chi connectivity index (χ1n) is 7.69. The van der Waals surface area contributed by atoms with Crippen molar-refractivity contribution >= 4 is 22.8 Å². The summed E-state index contributed by atoms with van der Waals surface area (Å²) in [7, 11) is 0. The molecule has 0 spiro atoms. The fraction of sp³-hybridized carbons (Fsp3) is 0.105. The van der Waals surface area contributed by atoms with Gasteiger partial charge in [-0.2, -0.15) is 0 Å². The van der Waals surface area contributed by atoms with Gasteiger partial charge in [-0.1, -0.05) is 42.5 Å². The van der Waals surface area contributed by atoms with Gasteiger partial charge in [0.2, 0.25) is 5.91 Å². The van der Waals surface area contributed by atoms with Crippen LogP contribution in [0.2, 0.25) is 0 Å². The van der Waals surface area contributed by atoms with Crippen molar-refractivity contribution in [2.45, 2.75) is 6.54 Å². The van der Waals surface area contributed by atoms with Gasteiger partial charge < -0.3 is 15.1 Å². The number of para-hydroxylation sites is 1. The van der Waals surface area contributed by atoms with Crippen molar-refractivity contribution in [3.63, 3.8) is 0 Å². The summed E-state index contributed by atoms with van der Waals surface area (Å²) in [5.74, 6) is -1.33. The van der Waals surface area contributed by atoms with Crippen LogP contribution >= 0.6 is 0 Å². The van der Waals surface area contributed by atoms with E-state index in [1.165, 1.54) is 4.90 Å². The minimum Gasteiger partial charge on any atom is -0.451 e. The number of benzene rings is 2. The largest absolute Gasteiger partial charge is 0.451 e. The van der Waals surface area contributed by atoms with Crippen LogP contribution in [0.4, 0.5) is 0 Å². The van der Waals surface area contributed by atoms with Crippen molar-refractivity contribution in [1.29, 1.82) is 0 Å². The molecule has 0 unspecified atom stereocenters. The van der Waals surface area contributed by atoms with E-state index >= 15 is 0 Å². The Labute approximate surface area is 143 Å². The Kier molecular flexibility index (Phi) is 4.61. The van der Waals surface area contributed by atoms with Crippen LogP contribution < -0.4 is 11.2 Å². The summed E-state index contributed by atoms with van der Waals surface area (Å²) in [4.78, 5) is 37.6. The van der Waals surface area contributed by atoms with Gasteiger partial charge in [-0.3, -0.25) is 14.4 Å². The number of carbonyl (C=O) groups excluding carboxylic acids is 2. The maximum Gasteiger partial charge on any atom is 0.290 e. The number of amides is 2. The normalized spacial score (nSPS) is 10.6. The zero-order chi connectivity index (χ0) is 17.8. The summed E-state index contributed by atoms with van der Waals surface area (Å²) in [5, 5.41) is 0.392. The number of nitrogens with two attached hydrogens (primary N) is 1. The molecule has 0 saturated carbocycles. The highest BCUT2D eigenvalue weighted by molar-refractivity contribution is 5.95. The molecule has 2 amide bonds. The lowest BCUT2D eigenvalue weighted by molar-refractivity contribution is -0.118. The highest BCUT2D eigenvalue weighted by Gasteiger charge is 2.21. The lowest BCUT2D eigenvalue weighted by atomic mass is 10.2. The van der Waals surface area contributed by atoms with Gasteiger partial charge in [0.1, 0.15) is 12.1 Å². The summed E-state index contributed by atoms with van der Waals surface area (Å²) in [6.07, 6.45) is 0. The standard InChI is InChI=1S/C19H16N2O4/c20-18(23)12-21(11-13-6-2-1-3-7-13)19(24)17-10-15(22)14-8-4-5-9-16(14)25-17/h1-10H,11-12H2,(H2,20,23). The lowest BCUT2D eigenvalue weighted by Crippen LogP contribution is -2.38. The van der Waals surface area contributed by atoms with Crippen LogP contribution in [0.5, 0.6) is 0 Å². The minimum atomic E-state index is -0.646. The number of hydrogen-bond donors (Lipinski definition) is 1. The van der Waals surface area contributed by atoms with Crippen LogP contribution in [-0.2, 0) is 11.3 Å². The molecule has 3 rings (SSSR count). The summed E-state index contributed by atoms with van der Waals surface area (Å²) in [6.45, 7) is -0.0938. The molecule has 1 heterocycles. The third-order valence-electron chi connectivity index (χ3n) is 3.70. The molecule has 2 N–H and O–H groups in total. The minimum absolute atomic E-state index is 0.124. The number of primary amides is 1. The predicted molar refractivity (Wildman–Crippen MR) is 92.9 cm³/mol. The summed E-state index contributed by atoms with van der Waals surface area (Å²) in [6, 6.07) is 17.0. The smallest absolute Gasteiger partial charge is 0.290 e. The molecular formula is C19H16N2O4. The van der Waals surface area contributed by atoms with Crippen LogP contribution in [0.15, 0.2) is 69.9 Å². The Morgan fingerprint density at radius 1 is 1.00 bits per heavy atom. The molecule has 0 aliphatic rings. The van der Waals surface area contributed by atoms with Crippen molar-refractivity contribution in [3.05, 3.63) is 82.2 Å². The van der Waals surface area contributed by atoms with Crippen LogP contribution in [0.25, 0.3) is 11.0 Å². The number of rotatable bonds is 5. The van der Waals surface area contributed by atoms with Gasteiger partial charge in [-0.25, -0.2) is 0 Å². The number of carbonyl (C=O) groups is 2. The first-order chi connectivity index (χ1) is 12.0. The molecule has 25 heavy (non-hydrogen) atoms. The van der Waals surface area contributed by atoms with Gasteiger partial charge >= 0.3 is 0 Å². The Morgan fingerprint density at radius 2 is 1.68 bits per heavy atom. The van der Waals surface area contributed by atoms with Gasteiger partial charge in [0, 0.05) is 12.6 Å². The van der Waals surface area contributed by atoms with Crippen molar-refractivity contribution in [2.24, 2.45) is 5.73 Å². The Bertz CT molecular complexity index is 979. The van der Waals surface area contributed by atoms with E-state index in [2.05, 4.69) is 0 Å². The molecule has 0 aliphatic heterocycles. The third-order valence-corrected chi connectivity index (χ3v) is 3.70. The van der Waals surface area contributed by atoms with Gasteiger partial charge in [0.25, 0.3) is 5.91 Å². The van der Waals surface area contributed by atoms with E-state index in [0.29, 0.717) is 11.0 Å². The first-order valence-corrected chi connectivity index (χ1v) is 7.69. The van der Waals surface area contributed by atoms with E-state index in [9.17, 15) is 14.4 Å². The van der Waals surface area contributed by atoms with Crippen molar-refractivity contribution < 1.29 is 14.0 Å². The lowest BCUT2D eigenvalue weighted by Gasteiger charge is -2.20. The molecular weight excluding hydrogens is 320 g/mol. The SMILES string of the molecule is NC(=O)CN(Cc1ccccc1)C(=O)c1cc(=O)c2ccccc2o1. The molecule has 0 aliphatic carbocycles. The maximum absolute atomic E-state index is 12.8. The summed E-state index contributed by atoms with van der Waals surface area (Å²) < 4.78 is 5.56. The summed E-state index contributed by atoms with van der Waals surface area (Å²) >= 11 is 0. The maximum atomic E-state index is 12.8. The quantitative estimate of drug-likeness (QED) is 0.770. The molecule has 6 heteroatoms. The molecule has 0 fully saturated rings. The zero-order valence-electron chi connectivity index (χ0n) is 13.3. The zero-order valence-corrected chi connectivity index (χ0v) is 13.3. The Balaban J connectivity index is 1.97. The summed E-state index contributed by atoms with van der Waals surface area (Å²) in [5.41, 5.74) is 6.09. The van der Waals surface area contributed by atoms with Crippen molar-refractivity contribution in [3.8, 4) is 0 Å². The first kappa shape index (κ1) is 16.4. The molecule has 0 bridgehead atoms.